The van der Waals surface area contributed by atoms with E-state index < -0.39 is 0 Å². The molecule has 2 aromatic rings. The lowest BCUT2D eigenvalue weighted by atomic mass is 10.2. The Morgan fingerprint density at radius 3 is 2.64 bits per heavy atom. The van der Waals surface area contributed by atoms with E-state index in [0.717, 1.165) is 29.8 Å². The highest BCUT2D eigenvalue weighted by molar-refractivity contribution is 6.30. The van der Waals surface area contributed by atoms with Gasteiger partial charge in [0.1, 0.15) is 12.4 Å². The number of benzene rings is 2. The summed E-state index contributed by atoms with van der Waals surface area (Å²) >= 11 is 12.0. The number of aliphatic hydroxyl groups is 1. The molecular weight excluding hydrogens is 321 g/mol. The van der Waals surface area contributed by atoms with Crippen LogP contribution in [0.5, 0.6) is 5.75 Å². The van der Waals surface area contributed by atoms with Gasteiger partial charge in [-0.05, 0) is 48.9 Å². The maximum atomic E-state index is 8.80. The summed E-state index contributed by atoms with van der Waals surface area (Å²) < 4.78 is 5.88. The second kappa shape index (κ2) is 9.01. The molecule has 0 saturated carbocycles. The Bertz CT molecular complexity index is 605. The second-order valence-corrected chi connectivity index (χ2v) is 5.80. The molecule has 0 fully saturated rings. The van der Waals surface area contributed by atoms with Crippen LogP contribution >= 0.6 is 23.2 Å². The van der Waals surface area contributed by atoms with Gasteiger partial charge in [-0.1, -0.05) is 35.3 Å². The molecule has 0 heterocycles. The first-order valence-electron chi connectivity index (χ1n) is 7.16. The fourth-order valence-electron chi connectivity index (χ4n) is 2.04. The van der Waals surface area contributed by atoms with E-state index in [1.807, 2.05) is 42.5 Å². The van der Waals surface area contributed by atoms with Crippen LogP contribution in [0.3, 0.4) is 0 Å². The van der Waals surface area contributed by atoms with E-state index in [9.17, 15) is 0 Å². The maximum absolute atomic E-state index is 8.80. The average molecular weight is 340 g/mol. The van der Waals surface area contributed by atoms with Gasteiger partial charge < -0.3 is 15.2 Å². The third kappa shape index (κ3) is 5.50. The van der Waals surface area contributed by atoms with Gasteiger partial charge in [0, 0.05) is 28.8 Å². The van der Waals surface area contributed by atoms with Crippen LogP contribution in [0.1, 0.15) is 17.5 Å². The van der Waals surface area contributed by atoms with E-state index >= 15 is 0 Å². The largest absolute Gasteiger partial charge is 0.489 e. The number of hydrogen-bond acceptors (Lipinski definition) is 3. The number of hydrogen-bond donors (Lipinski definition) is 2. The Morgan fingerprint density at radius 2 is 1.86 bits per heavy atom. The quantitative estimate of drug-likeness (QED) is 0.713. The van der Waals surface area contributed by atoms with E-state index in [2.05, 4.69) is 5.32 Å². The van der Waals surface area contributed by atoms with E-state index in [1.165, 1.54) is 0 Å². The smallest absolute Gasteiger partial charge is 0.124 e. The van der Waals surface area contributed by atoms with Crippen LogP contribution in [-0.4, -0.2) is 18.3 Å². The molecule has 118 valence electrons. The molecule has 0 saturated heterocycles. The monoisotopic (exact) mass is 339 g/mol. The van der Waals surface area contributed by atoms with Crippen molar-refractivity contribution in [3.05, 3.63) is 63.6 Å². The first kappa shape index (κ1) is 17.1. The topological polar surface area (TPSA) is 41.5 Å². The predicted octanol–water partition coefficient (Wildman–Crippen LogP) is 4.04. The van der Waals surface area contributed by atoms with Crippen molar-refractivity contribution in [2.75, 3.05) is 13.2 Å². The number of nitrogens with one attached hydrogen (secondary N) is 1. The summed E-state index contributed by atoms with van der Waals surface area (Å²) in [6.45, 7) is 2.02. The van der Waals surface area contributed by atoms with Crippen molar-refractivity contribution in [1.29, 1.82) is 0 Å². The molecule has 3 nitrogen and oxygen atoms in total. The standard InChI is InChI=1S/C17H19Cl2NO2/c18-15-4-1-3-13(9-15)12-22-17-6-5-16(19)10-14(17)11-20-7-2-8-21/h1,3-6,9-10,20-21H,2,7-8,11-12H2. The molecule has 0 spiro atoms. The number of aliphatic hydroxyl groups excluding tert-OH is 1. The SMILES string of the molecule is OCCCNCc1cc(Cl)ccc1OCc1cccc(Cl)c1. The van der Waals surface area contributed by atoms with Crippen molar-refractivity contribution in [1.82, 2.24) is 5.32 Å². The van der Waals surface area contributed by atoms with Crippen molar-refractivity contribution in [3.63, 3.8) is 0 Å². The van der Waals surface area contributed by atoms with Gasteiger partial charge >= 0.3 is 0 Å². The van der Waals surface area contributed by atoms with Crippen molar-refractivity contribution < 1.29 is 9.84 Å². The molecule has 0 amide bonds. The Labute approximate surface area is 140 Å². The number of ether oxygens (including phenoxy) is 1. The molecule has 0 unspecified atom stereocenters. The summed E-state index contributed by atoms with van der Waals surface area (Å²) in [7, 11) is 0. The van der Waals surface area contributed by atoms with E-state index in [4.69, 9.17) is 33.0 Å². The van der Waals surface area contributed by atoms with Gasteiger partial charge in [-0.25, -0.2) is 0 Å². The van der Waals surface area contributed by atoms with E-state index in [-0.39, 0.29) is 6.61 Å². The van der Waals surface area contributed by atoms with Crippen LogP contribution in [-0.2, 0) is 13.2 Å². The third-order valence-electron chi connectivity index (χ3n) is 3.13. The third-order valence-corrected chi connectivity index (χ3v) is 3.60. The molecule has 0 aliphatic rings. The minimum absolute atomic E-state index is 0.181. The summed E-state index contributed by atoms with van der Waals surface area (Å²) in [5.74, 6) is 0.792. The van der Waals surface area contributed by atoms with Crippen LogP contribution in [0, 0.1) is 0 Å². The Morgan fingerprint density at radius 1 is 1.05 bits per heavy atom. The Hall–Kier alpha value is -1.26. The highest BCUT2D eigenvalue weighted by atomic mass is 35.5. The molecule has 0 atom stereocenters. The maximum Gasteiger partial charge on any atom is 0.124 e. The lowest BCUT2D eigenvalue weighted by molar-refractivity contribution is 0.285. The average Bonchev–Trinajstić information content (AvgIpc) is 2.51. The molecule has 0 aromatic heterocycles. The van der Waals surface area contributed by atoms with Gasteiger partial charge in [0.15, 0.2) is 0 Å². The molecule has 0 aliphatic carbocycles. The molecule has 5 heteroatoms. The van der Waals surface area contributed by atoms with Crippen LogP contribution in [0.15, 0.2) is 42.5 Å². The highest BCUT2D eigenvalue weighted by Gasteiger charge is 2.05. The van der Waals surface area contributed by atoms with Crippen molar-refractivity contribution in [2.24, 2.45) is 0 Å². The predicted molar refractivity (Wildman–Crippen MR) is 90.6 cm³/mol. The van der Waals surface area contributed by atoms with Crippen molar-refractivity contribution in [2.45, 2.75) is 19.6 Å². The zero-order chi connectivity index (χ0) is 15.8. The lowest BCUT2D eigenvalue weighted by Gasteiger charge is -2.13. The van der Waals surface area contributed by atoms with Gasteiger partial charge in [0.2, 0.25) is 0 Å². The van der Waals surface area contributed by atoms with Gasteiger partial charge in [0.05, 0.1) is 0 Å². The lowest BCUT2D eigenvalue weighted by Crippen LogP contribution is -2.16. The van der Waals surface area contributed by atoms with Crippen LogP contribution in [0.2, 0.25) is 10.0 Å². The van der Waals surface area contributed by atoms with Crippen molar-refractivity contribution >= 4 is 23.2 Å². The summed E-state index contributed by atoms with van der Waals surface area (Å²) in [5.41, 5.74) is 2.01. The minimum Gasteiger partial charge on any atom is -0.489 e. The van der Waals surface area contributed by atoms with Crippen LogP contribution in [0.25, 0.3) is 0 Å². The van der Waals surface area contributed by atoms with E-state index in [0.29, 0.717) is 23.2 Å². The van der Waals surface area contributed by atoms with Crippen molar-refractivity contribution in [3.8, 4) is 5.75 Å². The molecule has 22 heavy (non-hydrogen) atoms. The summed E-state index contributed by atoms with van der Waals surface area (Å²) in [6, 6.07) is 13.2. The first-order chi connectivity index (χ1) is 10.7. The van der Waals surface area contributed by atoms with Crippen LogP contribution < -0.4 is 10.1 Å². The Balaban J connectivity index is 1.99. The summed E-state index contributed by atoms with van der Waals surface area (Å²) in [6.07, 6.45) is 0.721. The summed E-state index contributed by atoms with van der Waals surface area (Å²) in [5, 5.41) is 13.4. The molecule has 0 aliphatic heterocycles. The summed E-state index contributed by atoms with van der Waals surface area (Å²) in [4.78, 5) is 0. The molecule has 2 N–H and O–H groups in total. The molecule has 2 rings (SSSR count). The fourth-order valence-corrected chi connectivity index (χ4v) is 2.45. The zero-order valence-corrected chi connectivity index (χ0v) is 13.7. The normalized spacial score (nSPS) is 10.7. The molecule has 0 bridgehead atoms. The number of halogens is 2. The number of rotatable bonds is 8. The van der Waals surface area contributed by atoms with Gasteiger partial charge in [-0.2, -0.15) is 0 Å². The van der Waals surface area contributed by atoms with Gasteiger partial charge in [-0.15, -0.1) is 0 Å². The molecule has 2 aromatic carbocycles. The van der Waals surface area contributed by atoms with Gasteiger partial charge in [0.25, 0.3) is 0 Å². The molecule has 0 radical (unpaired) electrons. The van der Waals surface area contributed by atoms with Crippen LogP contribution in [0.4, 0.5) is 0 Å². The fraction of sp³-hybridized carbons (Fsp3) is 0.294. The van der Waals surface area contributed by atoms with Gasteiger partial charge in [-0.3, -0.25) is 0 Å². The molecular formula is C17H19Cl2NO2. The van der Waals surface area contributed by atoms with E-state index in [1.54, 1.807) is 0 Å². The minimum atomic E-state index is 0.181. The second-order valence-electron chi connectivity index (χ2n) is 4.92. The first-order valence-corrected chi connectivity index (χ1v) is 7.92. The highest BCUT2D eigenvalue weighted by Crippen LogP contribution is 2.24. The zero-order valence-electron chi connectivity index (χ0n) is 12.2. The Kier molecular flexibility index (Phi) is 7.00.